The maximum absolute atomic E-state index is 12.4. The van der Waals surface area contributed by atoms with Crippen LogP contribution in [0, 0.1) is 0 Å². The molecule has 6 nitrogen and oxygen atoms in total. The van der Waals surface area contributed by atoms with Gasteiger partial charge in [0.05, 0.1) is 45.3 Å². The van der Waals surface area contributed by atoms with E-state index in [1.807, 2.05) is 48.5 Å². The van der Waals surface area contributed by atoms with Crippen molar-refractivity contribution in [3.05, 3.63) is 71.2 Å². The topological polar surface area (TPSA) is 62.6 Å². The summed E-state index contributed by atoms with van der Waals surface area (Å²) in [7, 11) is 2.22. The molecule has 3 aromatic rings. The fraction of sp³-hybridized carbons (Fsp3) is 0.261. The molecule has 2 heterocycles. The second-order valence-electron chi connectivity index (χ2n) is 7.65. The van der Waals surface area contributed by atoms with E-state index < -0.39 is 0 Å². The third-order valence-corrected chi connectivity index (χ3v) is 5.56. The summed E-state index contributed by atoms with van der Waals surface area (Å²) in [6.07, 6.45) is 0.294. The van der Waals surface area contributed by atoms with E-state index in [0.717, 1.165) is 54.5 Å². The van der Waals surface area contributed by atoms with Crippen molar-refractivity contribution in [3.8, 4) is 11.3 Å². The zero-order chi connectivity index (χ0) is 20.9. The van der Waals surface area contributed by atoms with Gasteiger partial charge in [0, 0.05) is 16.3 Å². The third kappa shape index (κ3) is 5.14. The number of nitrogens with one attached hydrogen (secondary N) is 2. The summed E-state index contributed by atoms with van der Waals surface area (Å²) >= 11 is 5.90. The number of carbonyl (C=O) groups is 1. The Balaban J connectivity index is 1.41. The molecule has 1 saturated heterocycles. The van der Waals surface area contributed by atoms with Crippen LogP contribution in [0.25, 0.3) is 11.3 Å². The van der Waals surface area contributed by atoms with Gasteiger partial charge in [-0.3, -0.25) is 4.79 Å². The van der Waals surface area contributed by atoms with Crippen LogP contribution in [0.5, 0.6) is 0 Å². The molecule has 0 spiro atoms. The molecule has 4 rings (SSSR count). The predicted octanol–water partition coefficient (Wildman–Crippen LogP) is 2.31. The van der Waals surface area contributed by atoms with Gasteiger partial charge in [-0.15, -0.1) is 10.2 Å². The summed E-state index contributed by atoms with van der Waals surface area (Å²) < 4.78 is 0. The Morgan fingerprint density at radius 3 is 2.53 bits per heavy atom. The van der Waals surface area contributed by atoms with Crippen LogP contribution in [-0.2, 0) is 11.2 Å². The van der Waals surface area contributed by atoms with Gasteiger partial charge in [0.15, 0.2) is 5.82 Å². The minimum absolute atomic E-state index is 0.0758. The standard InChI is InChI=1S/C23H24ClN5O/c1-28-11-13-29(14-12-28)22-10-9-21(26-27-22)18-3-2-4-20(16-18)25-23(30)15-17-5-7-19(24)8-6-17/h2-10,16H,11-15H2,1H3,(H,25,30)/p+1. The molecule has 2 N–H and O–H groups in total. The van der Waals surface area contributed by atoms with E-state index in [-0.39, 0.29) is 5.91 Å². The number of aromatic nitrogens is 2. The normalized spacial score (nSPS) is 14.5. The van der Waals surface area contributed by atoms with E-state index in [1.165, 1.54) is 0 Å². The molecule has 7 heteroatoms. The maximum Gasteiger partial charge on any atom is 0.228 e. The van der Waals surface area contributed by atoms with Crippen molar-refractivity contribution >= 4 is 29.0 Å². The van der Waals surface area contributed by atoms with Crippen LogP contribution >= 0.6 is 11.6 Å². The van der Waals surface area contributed by atoms with E-state index in [1.54, 1.807) is 17.0 Å². The number of hydrogen-bond donors (Lipinski definition) is 2. The molecular weight excluding hydrogens is 398 g/mol. The van der Waals surface area contributed by atoms with Crippen LogP contribution in [0.1, 0.15) is 5.56 Å². The van der Waals surface area contributed by atoms with Gasteiger partial charge in [-0.2, -0.15) is 0 Å². The smallest absolute Gasteiger partial charge is 0.228 e. The van der Waals surface area contributed by atoms with Crippen molar-refractivity contribution in [1.29, 1.82) is 0 Å². The maximum atomic E-state index is 12.4. The zero-order valence-electron chi connectivity index (χ0n) is 16.9. The molecule has 0 radical (unpaired) electrons. The monoisotopic (exact) mass is 422 g/mol. The number of rotatable bonds is 5. The highest BCUT2D eigenvalue weighted by Gasteiger charge is 2.18. The number of likely N-dealkylation sites (N-methyl/N-ethyl adjacent to an activating group) is 1. The number of halogens is 1. The summed E-state index contributed by atoms with van der Waals surface area (Å²) in [6, 6.07) is 19.0. The van der Waals surface area contributed by atoms with Crippen molar-refractivity contribution in [2.24, 2.45) is 0 Å². The van der Waals surface area contributed by atoms with Gasteiger partial charge in [-0.05, 0) is 42.0 Å². The Morgan fingerprint density at radius 1 is 1.07 bits per heavy atom. The molecule has 0 unspecified atom stereocenters. The third-order valence-electron chi connectivity index (χ3n) is 5.31. The minimum Gasteiger partial charge on any atom is -0.344 e. The Labute approximate surface area is 181 Å². The first-order chi connectivity index (χ1) is 14.6. The molecule has 0 atom stereocenters. The van der Waals surface area contributed by atoms with Crippen LogP contribution in [0.3, 0.4) is 0 Å². The molecule has 0 saturated carbocycles. The molecule has 1 fully saturated rings. The summed E-state index contributed by atoms with van der Waals surface area (Å²) in [5.41, 5.74) is 3.35. The molecule has 0 aliphatic carbocycles. The molecule has 0 bridgehead atoms. The lowest BCUT2D eigenvalue weighted by Crippen LogP contribution is -3.12. The second-order valence-corrected chi connectivity index (χ2v) is 8.09. The van der Waals surface area contributed by atoms with E-state index in [9.17, 15) is 4.79 Å². The van der Waals surface area contributed by atoms with Gasteiger partial charge in [0.25, 0.3) is 0 Å². The molecule has 2 aromatic carbocycles. The molecular formula is C23H25ClN5O+. The van der Waals surface area contributed by atoms with Gasteiger partial charge < -0.3 is 15.1 Å². The van der Waals surface area contributed by atoms with Gasteiger partial charge in [0.1, 0.15) is 0 Å². The molecule has 1 aliphatic heterocycles. The fourth-order valence-corrected chi connectivity index (χ4v) is 3.64. The lowest BCUT2D eigenvalue weighted by Gasteiger charge is -2.30. The van der Waals surface area contributed by atoms with Gasteiger partial charge in [0.2, 0.25) is 5.91 Å². The highest BCUT2D eigenvalue weighted by atomic mass is 35.5. The van der Waals surface area contributed by atoms with Gasteiger partial charge in [-0.25, -0.2) is 0 Å². The summed E-state index contributed by atoms with van der Waals surface area (Å²) in [4.78, 5) is 16.2. The molecule has 1 aliphatic rings. The number of benzene rings is 2. The average Bonchev–Trinajstić information content (AvgIpc) is 2.76. The van der Waals surface area contributed by atoms with Crippen molar-refractivity contribution in [2.45, 2.75) is 6.42 Å². The SMILES string of the molecule is C[NH+]1CCN(c2ccc(-c3cccc(NC(=O)Cc4ccc(Cl)cc4)c3)nn2)CC1. The number of carbonyl (C=O) groups excluding carboxylic acids is 1. The summed E-state index contributed by atoms with van der Waals surface area (Å²) in [5.74, 6) is 0.840. The number of nitrogens with zero attached hydrogens (tertiary/aromatic N) is 3. The summed E-state index contributed by atoms with van der Waals surface area (Å²) in [6.45, 7) is 4.21. The zero-order valence-corrected chi connectivity index (χ0v) is 17.7. The van der Waals surface area contributed by atoms with Gasteiger partial charge >= 0.3 is 0 Å². The Bertz CT molecular complexity index is 999. The molecule has 1 amide bonds. The fourth-order valence-electron chi connectivity index (χ4n) is 3.51. The van der Waals surface area contributed by atoms with Crippen LogP contribution in [0.2, 0.25) is 5.02 Å². The van der Waals surface area contributed by atoms with Crippen LogP contribution in [0.4, 0.5) is 11.5 Å². The van der Waals surface area contributed by atoms with E-state index in [4.69, 9.17) is 11.6 Å². The first kappa shape index (κ1) is 20.3. The summed E-state index contributed by atoms with van der Waals surface area (Å²) in [5, 5.41) is 12.5. The number of hydrogen-bond acceptors (Lipinski definition) is 4. The van der Waals surface area contributed by atoms with Crippen molar-refractivity contribution in [3.63, 3.8) is 0 Å². The first-order valence-corrected chi connectivity index (χ1v) is 10.5. The van der Waals surface area contributed by atoms with E-state index >= 15 is 0 Å². The van der Waals surface area contributed by atoms with Crippen molar-refractivity contribution < 1.29 is 9.69 Å². The molecule has 30 heavy (non-hydrogen) atoms. The minimum atomic E-state index is -0.0758. The van der Waals surface area contributed by atoms with Crippen molar-refractivity contribution in [2.75, 3.05) is 43.4 Å². The van der Waals surface area contributed by atoms with E-state index in [2.05, 4.69) is 27.5 Å². The Morgan fingerprint density at radius 2 is 1.83 bits per heavy atom. The highest BCUT2D eigenvalue weighted by Crippen LogP contribution is 2.22. The second kappa shape index (κ2) is 9.24. The number of quaternary nitrogens is 1. The quantitative estimate of drug-likeness (QED) is 0.662. The average molecular weight is 423 g/mol. The number of amides is 1. The first-order valence-electron chi connectivity index (χ1n) is 10.1. The van der Waals surface area contributed by atoms with Crippen LogP contribution in [0.15, 0.2) is 60.7 Å². The van der Waals surface area contributed by atoms with E-state index in [0.29, 0.717) is 11.4 Å². The van der Waals surface area contributed by atoms with Crippen LogP contribution < -0.4 is 15.1 Å². The van der Waals surface area contributed by atoms with Gasteiger partial charge in [-0.1, -0.05) is 35.9 Å². The number of anilines is 2. The Hall–Kier alpha value is -2.96. The molecule has 1 aromatic heterocycles. The highest BCUT2D eigenvalue weighted by molar-refractivity contribution is 6.30. The molecule has 154 valence electrons. The largest absolute Gasteiger partial charge is 0.344 e. The number of piperazine rings is 1. The predicted molar refractivity (Wildman–Crippen MR) is 120 cm³/mol. The van der Waals surface area contributed by atoms with Crippen LogP contribution in [-0.4, -0.2) is 49.3 Å². The Kier molecular flexibility index (Phi) is 6.26. The van der Waals surface area contributed by atoms with Crippen molar-refractivity contribution in [1.82, 2.24) is 10.2 Å². The lowest BCUT2D eigenvalue weighted by atomic mass is 10.1. The lowest BCUT2D eigenvalue weighted by molar-refractivity contribution is -0.880.